The highest BCUT2D eigenvalue weighted by Crippen LogP contribution is 2.46. The predicted molar refractivity (Wildman–Crippen MR) is 147 cm³/mol. The first-order valence-electron chi connectivity index (χ1n) is 9.95. The molecule has 0 atom stereocenters. The highest BCUT2D eigenvalue weighted by atomic mass is 32.1. The molecular formula is C22H4N10S5. The Morgan fingerprint density at radius 1 is 0.595 bits per heavy atom. The van der Waals surface area contributed by atoms with E-state index in [0.717, 1.165) is 51.9 Å². The number of benzene rings is 1. The molecule has 0 radical (unpaired) electrons. The first-order valence-corrected chi connectivity index (χ1v) is 13.9. The molecule has 37 heavy (non-hydrogen) atoms. The third kappa shape index (κ3) is 3.94. The summed E-state index contributed by atoms with van der Waals surface area (Å²) in [7, 11) is 0. The fourth-order valence-electron chi connectivity index (χ4n) is 3.35. The van der Waals surface area contributed by atoms with Gasteiger partial charge in [0.2, 0.25) is 11.4 Å². The summed E-state index contributed by atoms with van der Waals surface area (Å²) in [5, 5.41) is 38.5. The minimum atomic E-state index is -0.203. The number of thiazole rings is 2. The van der Waals surface area contributed by atoms with Crippen molar-refractivity contribution in [2.24, 2.45) is 9.98 Å². The Labute approximate surface area is 227 Å². The molecule has 15 heteroatoms. The molecule has 0 amide bonds. The fraction of sp³-hybridized carbons (Fsp3) is 0. The van der Waals surface area contributed by atoms with Crippen LogP contribution in [0.3, 0.4) is 0 Å². The van der Waals surface area contributed by atoms with E-state index in [1.54, 1.807) is 36.4 Å². The van der Waals surface area contributed by atoms with Crippen molar-refractivity contribution in [3.05, 3.63) is 24.3 Å². The van der Waals surface area contributed by atoms with Crippen LogP contribution in [0.4, 0.5) is 10.0 Å². The van der Waals surface area contributed by atoms with Crippen LogP contribution in [0.5, 0.6) is 0 Å². The van der Waals surface area contributed by atoms with E-state index in [9.17, 15) is 0 Å². The first kappa shape index (κ1) is 23.0. The van der Waals surface area contributed by atoms with E-state index in [1.165, 1.54) is 45.3 Å². The average molecular weight is 569 g/mol. The molecule has 0 bridgehead atoms. The lowest BCUT2D eigenvalue weighted by Gasteiger charge is -1.91. The van der Waals surface area contributed by atoms with Gasteiger partial charge in [-0.25, -0.2) is 20.0 Å². The predicted octanol–water partition coefficient (Wildman–Crippen LogP) is 6.61. The SMILES string of the molecule is N#CC(C#N)=Nc1ccc(-c2nc3c4nsnc4c4nc(-c5ccc(N=C(C#N)C#N)s5)sc4c3s2)s1. The molecule has 172 valence electrons. The lowest BCUT2D eigenvalue weighted by molar-refractivity contribution is 1.49. The van der Waals surface area contributed by atoms with Gasteiger partial charge < -0.3 is 0 Å². The number of aliphatic imine (C=N–C) groups is 2. The Bertz CT molecular complexity index is 1920. The van der Waals surface area contributed by atoms with Crippen molar-refractivity contribution in [3.8, 4) is 44.0 Å². The number of fused-ring (bicyclic) bond motifs is 6. The summed E-state index contributed by atoms with van der Waals surface area (Å²) >= 11 is 6.80. The van der Waals surface area contributed by atoms with Crippen LogP contribution in [-0.4, -0.2) is 30.1 Å². The van der Waals surface area contributed by atoms with Crippen LogP contribution in [0.2, 0.25) is 0 Å². The normalized spacial score (nSPS) is 10.6. The zero-order valence-electron chi connectivity index (χ0n) is 17.8. The number of hydrogen-bond acceptors (Lipinski definition) is 15. The van der Waals surface area contributed by atoms with Gasteiger partial charge in [0.05, 0.1) is 30.9 Å². The maximum absolute atomic E-state index is 8.98. The van der Waals surface area contributed by atoms with Crippen LogP contribution < -0.4 is 0 Å². The van der Waals surface area contributed by atoms with Crippen LogP contribution in [0.15, 0.2) is 34.3 Å². The Morgan fingerprint density at radius 3 is 1.43 bits per heavy atom. The molecule has 0 saturated carbocycles. The molecular weight excluding hydrogens is 565 g/mol. The van der Waals surface area contributed by atoms with Gasteiger partial charge in [-0.05, 0) is 24.3 Å². The molecule has 1 aromatic carbocycles. The zero-order valence-corrected chi connectivity index (χ0v) is 21.9. The number of aromatic nitrogens is 4. The van der Waals surface area contributed by atoms with Crippen molar-refractivity contribution in [1.82, 2.24) is 18.7 Å². The highest BCUT2D eigenvalue weighted by molar-refractivity contribution is 7.32. The summed E-state index contributed by atoms with van der Waals surface area (Å²) in [5.41, 5.74) is 2.44. The smallest absolute Gasteiger partial charge is 0.219 e. The van der Waals surface area contributed by atoms with Crippen molar-refractivity contribution in [2.75, 3.05) is 0 Å². The van der Waals surface area contributed by atoms with E-state index in [0.29, 0.717) is 21.0 Å². The maximum Gasteiger partial charge on any atom is 0.219 e. The van der Waals surface area contributed by atoms with E-state index in [2.05, 4.69) is 18.7 Å². The third-order valence-corrected chi connectivity index (χ3v) is 9.97. The van der Waals surface area contributed by atoms with Gasteiger partial charge in [-0.2, -0.15) is 29.8 Å². The monoisotopic (exact) mass is 568 g/mol. The van der Waals surface area contributed by atoms with Crippen LogP contribution in [0.1, 0.15) is 0 Å². The van der Waals surface area contributed by atoms with E-state index in [1.807, 2.05) is 12.1 Å². The van der Waals surface area contributed by atoms with Gasteiger partial charge in [0.25, 0.3) is 0 Å². The first-order chi connectivity index (χ1) is 18.1. The number of nitriles is 4. The van der Waals surface area contributed by atoms with Crippen LogP contribution in [-0.2, 0) is 0 Å². The molecule has 0 aliphatic heterocycles. The van der Waals surface area contributed by atoms with Gasteiger partial charge in [-0.1, -0.05) is 0 Å². The summed E-state index contributed by atoms with van der Waals surface area (Å²) in [6.45, 7) is 0. The third-order valence-electron chi connectivity index (χ3n) is 4.87. The Morgan fingerprint density at radius 2 is 1.03 bits per heavy atom. The van der Waals surface area contributed by atoms with Gasteiger partial charge in [0, 0.05) is 0 Å². The van der Waals surface area contributed by atoms with Gasteiger partial charge in [-0.15, -0.1) is 45.3 Å². The molecule has 0 fully saturated rings. The molecule has 0 N–H and O–H groups in total. The molecule has 0 aliphatic rings. The standard InChI is InChI=1S/C22H4N10S5/c23-5-9(6-24)27-13-3-1-11(33-13)21-29-17-15-16(32-37-31-15)18-20(19(17)35-21)36-22(30-18)12-2-4-14(34-12)28-10(7-25)8-26/h1-4H. The van der Waals surface area contributed by atoms with Crippen LogP contribution >= 0.6 is 57.1 Å². The van der Waals surface area contributed by atoms with E-state index >= 15 is 0 Å². The Balaban J connectivity index is 1.49. The Hall–Kier alpha value is -4.48. The van der Waals surface area contributed by atoms with Gasteiger partial charge in [0.15, 0.2) is 0 Å². The summed E-state index contributed by atoms with van der Waals surface area (Å²) in [6, 6.07) is 14.3. The highest BCUT2D eigenvalue weighted by Gasteiger charge is 2.22. The molecule has 6 rings (SSSR count). The number of thiophene rings is 2. The van der Waals surface area contributed by atoms with Crippen molar-refractivity contribution < 1.29 is 0 Å². The molecule has 0 spiro atoms. The Kier molecular flexibility index (Phi) is 5.70. The second kappa shape index (κ2) is 9.19. The van der Waals surface area contributed by atoms with Crippen molar-refractivity contribution >= 4 is 110 Å². The van der Waals surface area contributed by atoms with E-state index in [-0.39, 0.29) is 11.4 Å². The number of hydrogen-bond donors (Lipinski definition) is 0. The summed E-state index contributed by atoms with van der Waals surface area (Å²) in [6.07, 6.45) is 0. The topological polar surface area (TPSA) is 171 Å². The lowest BCUT2D eigenvalue weighted by Crippen LogP contribution is -1.84. The van der Waals surface area contributed by atoms with Gasteiger partial charge in [0.1, 0.15) is 66.4 Å². The minimum absolute atomic E-state index is 0.203. The van der Waals surface area contributed by atoms with Crippen LogP contribution in [0.25, 0.3) is 51.2 Å². The van der Waals surface area contributed by atoms with Crippen molar-refractivity contribution in [2.45, 2.75) is 0 Å². The molecule has 5 heterocycles. The summed E-state index contributed by atoms with van der Waals surface area (Å²) in [4.78, 5) is 19.6. The van der Waals surface area contributed by atoms with Crippen molar-refractivity contribution in [3.63, 3.8) is 0 Å². The average Bonchev–Trinajstić information content (AvgIpc) is 3.72. The zero-order chi connectivity index (χ0) is 25.5. The maximum atomic E-state index is 8.98. The van der Waals surface area contributed by atoms with Crippen LogP contribution in [0, 0.1) is 45.3 Å². The second-order valence-corrected chi connectivity index (χ2v) is 11.6. The number of nitrogens with zero attached hydrogens (tertiary/aromatic N) is 10. The van der Waals surface area contributed by atoms with E-state index in [4.69, 9.17) is 31.0 Å². The van der Waals surface area contributed by atoms with E-state index < -0.39 is 0 Å². The lowest BCUT2D eigenvalue weighted by atomic mass is 10.2. The van der Waals surface area contributed by atoms with Gasteiger partial charge in [-0.3, -0.25) is 0 Å². The van der Waals surface area contributed by atoms with Gasteiger partial charge >= 0.3 is 0 Å². The quantitative estimate of drug-likeness (QED) is 0.214. The summed E-state index contributed by atoms with van der Waals surface area (Å²) < 4.78 is 10.8. The molecule has 10 nitrogen and oxygen atoms in total. The molecule has 0 saturated heterocycles. The largest absolute Gasteiger partial charge is 0.233 e. The molecule has 6 aromatic rings. The summed E-state index contributed by atoms with van der Waals surface area (Å²) in [5.74, 6) is 0. The molecule has 0 aliphatic carbocycles. The fourth-order valence-corrected chi connectivity index (χ4v) is 8.04. The molecule has 0 unspecified atom stereocenters. The van der Waals surface area contributed by atoms with Crippen molar-refractivity contribution in [1.29, 1.82) is 21.0 Å². The molecule has 5 aromatic heterocycles. The number of rotatable bonds is 4. The minimum Gasteiger partial charge on any atom is -0.233 e. The second-order valence-electron chi connectivity index (χ2n) is 7.00.